The molecule has 0 saturated heterocycles. The van der Waals surface area contributed by atoms with Crippen LogP contribution < -0.4 is 10.6 Å². The number of aryl methyl sites for hydroxylation is 1. The minimum absolute atomic E-state index is 0.0779. The first kappa shape index (κ1) is 13.7. The molecule has 1 aromatic rings. The van der Waals surface area contributed by atoms with Gasteiger partial charge in [0, 0.05) is 19.3 Å². The van der Waals surface area contributed by atoms with Gasteiger partial charge in [0.05, 0.1) is 5.92 Å². The summed E-state index contributed by atoms with van der Waals surface area (Å²) in [4.78, 5) is 13.8. The van der Waals surface area contributed by atoms with E-state index in [1.165, 1.54) is 5.56 Å². The predicted molar refractivity (Wildman–Crippen MR) is 72.1 cm³/mol. The van der Waals surface area contributed by atoms with Crippen LogP contribution in [-0.4, -0.2) is 19.5 Å². The largest absolute Gasteiger partial charge is 0.330 e. The van der Waals surface area contributed by atoms with Crippen LogP contribution in [-0.2, 0) is 11.2 Å². The molecule has 0 aliphatic rings. The van der Waals surface area contributed by atoms with Crippen molar-refractivity contribution in [3.63, 3.8) is 0 Å². The fourth-order valence-electron chi connectivity index (χ4n) is 1.80. The molecular weight excluding hydrogens is 212 g/mol. The Bertz CT molecular complexity index is 355. The maximum Gasteiger partial charge on any atom is 0.231 e. The summed E-state index contributed by atoms with van der Waals surface area (Å²) in [7, 11) is 1.81. The number of hydrogen-bond donors (Lipinski definition) is 1. The molecule has 1 unspecified atom stereocenters. The van der Waals surface area contributed by atoms with Gasteiger partial charge in [0.1, 0.15) is 0 Å². The number of nitrogens with two attached hydrogens (primary N) is 1. The highest BCUT2D eigenvalue weighted by molar-refractivity contribution is 5.94. The first-order valence-electron chi connectivity index (χ1n) is 6.20. The second kappa shape index (κ2) is 6.40. The van der Waals surface area contributed by atoms with E-state index in [-0.39, 0.29) is 11.8 Å². The van der Waals surface area contributed by atoms with Crippen molar-refractivity contribution in [1.29, 1.82) is 0 Å². The van der Waals surface area contributed by atoms with E-state index in [0.29, 0.717) is 6.54 Å². The van der Waals surface area contributed by atoms with Crippen LogP contribution in [0.1, 0.15) is 25.8 Å². The molecule has 1 rings (SSSR count). The first-order chi connectivity index (χ1) is 8.13. The van der Waals surface area contributed by atoms with Crippen molar-refractivity contribution in [2.45, 2.75) is 26.7 Å². The van der Waals surface area contributed by atoms with E-state index in [2.05, 4.69) is 19.1 Å². The highest BCUT2D eigenvalue weighted by Crippen LogP contribution is 2.17. The molecule has 0 bridgehead atoms. The van der Waals surface area contributed by atoms with Crippen LogP contribution in [0.4, 0.5) is 5.69 Å². The second-order valence-electron chi connectivity index (χ2n) is 4.26. The van der Waals surface area contributed by atoms with Crippen molar-refractivity contribution in [1.82, 2.24) is 0 Å². The summed E-state index contributed by atoms with van der Waals surface area (Å²) in [5.41, 5.74) is 7.81. The van der Waals surface area contributed by atoms with E-state index in [9.17, 15) is 4.79 Å². The smallest absolute Gasteiger partial charge is 0.231 e. The molecule has 0 spiro atoms. The van der Waals surface area contributed by atoms with E-state index in [4.69, 9.17) is 5.73 Å². The summed E-state index contributed by atoms with van der Waals surface area (Å²) in [6.07, 6.45) is 1.80. The predicted octanol–water partition coefficient (Wildman–Crippen LogP) is 2.20. The average Bonchev–Trinajstić information content (AvgIpc) is 2.39. The second-order valence-corrected chi connectivity index (χ2v) is 4.26. The molecule has 1 amide bonds. The van der Waals surface area contributed by atoms with E-state index in [1.807, 2.05) is 26.1 Å². The third kappa shape index (κ3) is 3.30. The number of anilines is 1. The van der Waals surface area contributed by atoms with Crippen LogP contribution in [0, 0.1) is 5.92 Å². The Kier molecular flexibility index (Phi) is 5.16. The number of carbonyl (C=O) groups is 1. The molecule has 17 heavy (non-hydrogen) atoms. The lowest BCUT2D eigenvalue weighted by Gasteiger charge is -2.22. The van der Waals surface area contributed by atoms with Gasteiger partial charge >= 0.3 is 0 Å². The minimum atomic E-state index is -0.0779. The van der Waals surface area contributed by atoms with E-state index in [1.54, 1.807) is 4.90 Å². The molecule has 0 radical (unpaired) electrons. The van der Waals surface area contributed by atoms with Crippen molar-refractivity contribution < 1.29 is 4.79 Å². The van der Waals surface area contributed by atoms with Crippen molar-refractivity contribution in [2.75, 3.05) is 18.5 Å². The Morgan fingerprint density at radius 1 is 1.29 bits per heavy atom. The lowest BCUT2D eigenvalue weighted by atomic mass is 10.0. The zero-order valence-electron chi connectivity index (χ0n) is 10.9. The van der Waals surface area contributed by atoms with Gasteiger partial charge in [-0.25, -0.2) is 0 Å². The lowest BCUT2D eigenvalue weighted by molar-refractivity contribution is -0.121. The van der Waals surface area contributed by atoms with E-state index >= 15 is 0 Å². The molecule has 0 fully saturated rings. The summed E-state index contributed by atoms with van der Waals surface area (Å²) in [6, 6.07) is 8.09. The number of hydrogen-bond acceptors (Lipinski definition) is 2. The molecule has 1 atom stereocenters. The van der Waals surface area contributed by atoms with Crippen molar-refractivity contribution in [3.8, 4) is 0 Å². The maximum atomic E-state index is 12.1. The van der Waals surface area contributed by atoms with E-state index < -0.39 is 0 Å². The topological polar surface area (TPSA) is 46.3 Å². The van der Waals surface area contributed by atoms with Gasteiger partial charge in [0.2, 0.25) is 5.91 Å². The highest BCUT2D eigenvalue weighted by Gasteiger charge is 2.19. The molecule has 0 aliphatic heterocycles. The van der Waals surface area contributed by atoms with Gasteiger partial charge in [-0.2, -0.15) is 0 Å². The van der Waals surface area contributed by atoms with Gasteiger partial charge in [0.15, 0.2) is 0 Å². The standard InChI is InChI=1S/C14H22N2O/c1-4-11-6-8-13(9-7-11)16(3)14(17)12(5-2)10-15/h6-9,12H,4-5,10,15H2,1-3H3. The van der Waals surface area contributed by atoms with Gasteiger partial charge in [-0.05, 0) is 30.5 Å². The van der Waals surface area contributed by atoms with Crippen molar-refractivity contribution in [2.24, 2.45) is 11.7 Å². The zero-order valence-corrected chi connectivity index (χ0v) is 10.9. The normalized spacial score (nSPS) is 12.2. The number of nitrogens with zero attached hydrogens (tertiary/aromatic N) is 1. The van der Waals surface area contributed by atoms with Gasteiger partial charge in [-0.3, -0.25) is 4.79 Å². The Balaban J connectivity index is 2.80. The van der Waals surface area contributed by atoms with Crippen LogP contribution in [0.15, 0.2) is 24.3 Å². The fraction of sp³-hybridized carbons (Fsp3) is 0.500. The Labute approximate surface area is 104 Å². The number of benzene rings is 1. The Morgan fingerprint density at radius 3 is 2.29 bits per heavy atom. The molecule has 3 nitrogen and oxygen atoms in total. The Hall–Kier alpha value is -1.35. The molecule has 0 aromatic heterocycles. The number of carbonyl (C=O) groups excluding carboxylic acids is 1. The van der Waals surface area contributed by atoms with Crippen LogP contribution in [0.5, 0.6) is 0 Å². The quantitative estimate of drug-likeness (QED) is 0.849. The highest BCUT2D eigenvalue weighted by atomic mass is 16.2. The van der Waals surface area contributed by atoms with Crippen LogP contribution in [0.2, 0.25) is 0 Å². The monoisotopic (exact) mass is 234 g/mol. The lowest BCUT2D eigenvalue weighted by Crippen LogP contribution is -2.36. The minimum Gasteiger partial charge on any atom is -0.330 e. The summed E-state index contributed by atoms with van der Waals surface area (Å²) < 4.78 is 0. The third-order valence-electron chi connectivity index (χ3n) is 3.19. The summed E-state index contributed by atoms with van der Waals surface area (Å²) in [5.74, 6) is 0.0186. The van der Waals surface area contributed by atoms with Crippen molar-refractivity contribution in [3.05, 3.63) is 29.8 Å². The summed E-state index contributed by atoms with van der Waals surface area (Å²) in [5, 5.41) is 0. The van der Waals surface area contributed by atoms with Gasteiger partial charge in [-0.1, -0.05) is 26.0 Å². The van der Waals surface area contributed by atoms with E-state index in [0.717, 1.165) is 18.5 Å². The molecule has 2 N–H and O–H groups in total. The van der Waals surface area contributed by atoms with Gasteiger partial charge in [0.25, 0.3) is 0 Å². The molecule has 1 aromatic carbocycles. The molecule has 0 heterocycles. The molecule has 94 valence electrons. The Morgan fingerprint density at radius 2 is 1.88 bits per heavy atom. The fourth-order valence-corrected chi connectivity index (χ4v) is 1.80. The molecule has 0 saturated carbocycles. The maximum absolute atomic E-state index is 12.1. The third-order valence-corrected chi connectivity index (χ3v) is 3.19. The van der Waals surface area contributed by atoms with Gasteiger partial charge < -0.3 is 10.6 Å². The van der Waals surface area contributed by atoms with Crippen LogP contribution in [0.25, 0.3) is 0 Å². The molecule has 3 heteroatoms. The summed E-state index contributed by atoms with van der Waals surface area (Å²) in [6.45, 7) is 4.52. The number of rotatable bonds is 5. The number of amides is 1. The SMILES string of the molecule is CCc1ccc(N(C)C(=O)C(CC)CN)cc1. The van der Waals surface area contributed by atoms with Crippen molar-refractivity contribution >= 4 is 11.6 Å². The molecule has 0 aliphatic carbocycles. The average molecular weight is 234 g/mol. The first-order valence-corrected chi connectivity index (χ1v) is 6.20. The zero-order chi connectivity index (χ0) is 12.8. The van der Waals surface area contributed by atoms with Gasteiger partial charge in [-0.15, -0.1) is 0 Å². The van der Waals surface area contributed by atoms with Crippen LogP contribution in [0.3, 0.4) is 0 Å². The summed E-state index contributed by atoms with van der Waals surface area (Å²) >= 11 is 0. The van der Waals surface area contributed by atoms with Crippen LogP contribution >= 0.6 is 0 Å². The molecular formula is C14H22N2O.